The van der Waals surface area contributed by atoms with Crippen LogP contribution in [0.25, 0.3) is 0 Å². The monoisotopic (exact) mass is 229 g/mol. The molecule has 6 nitrogen and oxygen atoms in total. The number of rotatable bonds is 3. The number of carbonyl (C=O) groups is 2. The van der Waals surface area contributed by atoms with E-state index in [0.717, 1.165) is 0 Å². The summed E-state index contributed by atoms with van der Waals surface area (Å²) in [7, 11) is 0. The summed E-state index contributed by atoms with van der Waals surface area (Å²) in [6, 6.07) is 3.08. The molecule has 0 fully saturated rings. The van der Waals surface area contributed by atoms with Gasteiger partial charge in [0.2, 0.25) is 5.91 Å². The summed E-state index contributed by atoms with van der Waals surface area (Å²) in [5.74, 6) is -0.177. The van der Waals surface area contributed by atoms with Crippen molar-refractivity contribution in [2.75, 3.05) is 11.9 Å². The maximum absolute atomic E-state index is 11.1. The molecule has 1 aromatic heterocycles. The van der Waals surface area contributed by atoms with Gasteiger partial charge in [0.25, 0.3) is 0 Å². The first kappa shape index (κ1) is 11.3. The van der Waals surface area contributed by atoms with Crippen LogP contribution in [-0.4, -0.2) is 28.6 Å². The first-order valence-electron chi connectivity index (χ1n) is 3.96. The van der Waals surface area contributed by atoms with Gasteiger partial charge >= 0.3 is 6.09 Å². The van der Waals surface area contributed by atoms with Crippen LogP contribution in [0.1, 0.15) is 0 Å². The number of halogens is 1. The van der Waals surface area contributed by atoms with Crippen molar-refractivity contribution in [1.29, 1.82) is 0 Å². The van der Waals surface area contributed by atoms with E-state index in [1.807, 2.05) is 5.32 Å². The zero-order chi connectivity index (χ0) is 11.3. The summed E-state index contributed by atoms with van der Waals surface area (Å²) in [5, 5.41) is 13.0. The molecule has 0 radical (unpaired) electrons. The Morgan fingerprint density at radius 3 is 2.73 bits per heavy atom. The van der Waals surface area contributed by atoms with Crippen molar-refractivity contribution in [2.45, 2.75) is 0 Å². The van der Waals surface area contributed by atoms with Gasteiger partial charge in [-0.15, -0.1) is 0 Å². The number of carbonyl (C=O) groups excluding carboxylic acids is 1. The molecule has 15 heavy (non-hydrogen) atoms. The second-order valence-electron chi connectivity index (χ2n) is 2.57. The lowest BCUT2D eigenvalue weighted by Gasteiger charge is -2.03. The number of nitrogens with zero attached hydrogens (tertiary/aromatic N) is 1. The molecule has 80 valence electrons. The third-order valence-electron chi connectivity index (χ3n) is 1.40. The molecule has 0 saturated heterocycles. The molecule has 1 heterocycles. The molecule has 0 aliphatic rings. The summed E-state index contributed by atoms with van der Waals surface area (Å²) in [4.78, 5) is 25.0. The van der Waals surface area contributed by atoms with E-state index in [1.165, 1.54) is 12.3 Å². The Hall–Kier alpha value is -1.82. The van der Waals surface area contributed by atoms with Crippen LogP contribution >= 0.6 is 11.6 Å². The zero-order valence-corrected chi connectivity index (χ0v) is 8.28. The van der Waals surface area contributed by atoms with Crippen molar-refractivity contribution >= 4 is 29.4 Å². The van der Waals surface area contributed by atoms with Crippen molar-refractivity contribution < 1.29 is 14.7 Å². The van der Waals surface area contributed by atoms with Crippen LogP contribution in [0.4, 0.5) is 10.6 Å². The number of amides is 2. The lowest BCUT2D eigenvalue weighted by atomic mass is 10.4. The largest absolute Gasteiger partial charge is 0.465 e. The Bertz CT molecular complexity index is 366. The Morgan fingerprint density at radius 1 is 1.47 bits per heavy atom. The minimum absolute atomic E-state index is 0.316. The third-order valence-corrected chi connectivity index (χ3v) is 1.62. The molecule has 0 aliphatic carbocycles. The van der Waals surface area contributed by atoms with Gasteiger partial charge in [0, 0.05) is 6.20 Å². The first-order chi connectivity index (χ1) is 7.08. The van der Waals surface area contributed by atoms with E-state index in [4.69, 9.17) is 16.7 Å². The molecule has 0 aliphatic heterocycles. The number of pyridine rings is 1. The van der Waals surface area contributed by atoms with Gasteiger partial charge < -0.3 is 15.7 Å². The Labute approximate surface area is 90.3 Å². The van der Waals surface area contributed by atoms with Crippen molar-refractivity contribution in [3.8, 4) is 0 Å². The van der Waals surface area contributed by atoms with E-state index >= 15 is 0 Å². The van der Waals surface area contributed by atoms with Gasteiger partial charge in [-0.1, -0.05) is 11.6 Å². The lowest BCUT2D eigenvalue weighted by molar-refractivity contribution is -0.115. The van der Waals surface area contributed by atoms with Gasteiger partial charge in [0.15, 0.2) is 0 Å². The fraction of sp³-hybridized carbons (Fsp3) is 0.125. The molecule has 7 heteroatoms. The highest BCUT2D eigenvalue weighted by atomic mass is 35.5. The molecule has 3 N–H and O–H groups in total. The molecule has 1 rings (SSSR count). The van der Waals surface area contributed by atoms with E-state index in [9.17, 15) is 9.59 Å². The first-order valence-corrected chi connectivity index (χ1v) is 4.34. The number of anilines is 1. The Kier molecular flexibility index (Phi) is 3.87. The molecular weight excluding hydrogens is 222 g/mol. The number of nitrogens with one attached hydrogen (secondary N) is 2. The predicted molar refractivity (Wildman–Crippen MR) is 53.9 cm³/mol. The van der Waals surface area contributed by atoms with Gasteiger partial charge in [0.05, 0.1) is 5.02 Å². The summed E-state index contributed by atoms with van der Waals surface area (Å²) in [6.45, 7) is -0.320. The molecule has 0 atom stereocenters. The van der Waals surface area contributed by atoms with Gasteiger partial charge in [0.1, 0.15) is 12.4 Å². The average molecular weight is 230 g/mol. The topological polar surface area (TPSA) is 91.3 Å². The van der Waals surface area contributed by atoms with E-state index in [1.54, 1.807) is 6.07 Å². The van der Waals surface area contributed by atoms with E-state index in [2.05, 4.69) is 10.3 Å². The van der Waals surface area contributed by atoms with Gasteiger partial charge in [-0.2, -0.15) is 0 Å². The number of hydrogen-bond acceptors (Lipinski definition) is 3. The fourth-order valence-electron chi connectivity index (χ4n) is 0.793. The lowest BCUT2D eigenvalue weighted by Crippen LogP contribution is -2.31. The van der Waals surface area contributed by atoms with Crippen molar-refractivity contribution in [2.24, 2.45) is 0 Å². The van der Waals surface area contributed by atoms with Gasteiger partial charge in [-0.05, 0) is 12.1 Å². The summed E-state index contributed by atoms with van der Waals surface area (Å²) in [6.07, 6.45) is 0.121. The number of carboxylic acid groups (broad SMARTS) is 1. The highest BCUT2D eigenvalue weighted by Crippen LogP contribution is 2.08. The smallest absolute Gasteiger partial charge is 0.405 e. The molecule has 0 bridgehead atoms. The second kappa shape index (κ2) is 5.16. The van der Waals surface area contributed by atoms with Crippen LogP contribution in [-0.2, 0) is 4.79 Å². The maximum Gasteiger partial charge on any atom is 0.405 e. The highest BCUT2D eigenvalue weighted by molar-refractivity contribution is 6.30. The van der Waals surface area contributed by atoms with Crippen LogP contribution in [0, 0.1) is 0 Å². The molecule has 0 aromatic carbocycles. The van der Waals surface area contributed by atoms with Gasteiger partial charge in [-0.3, -0.25) is 4.79 Å². The third kappa shape index (κ3) is 4.28. The molecular formula is C8H8ClN3O3. The SMILES string of the molecule is O=C(O)NCC(=O)Nc1ccc(Cl)cn1. The molecule has 0 unspecified atom stereocenters. The average Bonchev–Trinajstić information content (AvgIpc) is 2.19. The second-order valence-corrected chi connectivity index (χ2v) is 3.00. The minimum atomic E-state index is -1.26. The summed E-state index contributed by atoms with van der Waals surface area (Å²) in [5.41, 5.74) is 0. The van der Waals surface area contributed by atoms with E-state index in [0.29, 0.717) is 10.8 Å². The Balaban J connectivity index is 2.44. The Morgan fingerprint density at radius 2 is 2.20 bits per heavy atom. The van der Waals surface area contributed by atoms with Crippen molar-refractivity contribution in [1.82, 2.24) is 10.3 Å². The standard InChI is InChI=1S/C8H8ClN3O3/c9-5-1-2-6(10-3-5)12-7(13)4-11-8(14)15/h1-3,11H,4H2,(H,14,15)(H,10,12,13). The van der Waals surface area contributed by atoms with Crippen molar-refractivity contribution in [3.05, 3.63) is 23.4 Å². The number of aromatic nitrogens is 1. The van der Waals surface area contributed by atoms with E-state index < -0.39 is 12.0 Å². The molecule has 0 spiro atoms. The molecule has 1 aromatic rings. The zero-order valence-electron chi connectivity index (χ0n) is 7.53. The van der Waals surface area contributed by atoms with Crippen LogP contribution in [0.2, 0.25) is 5.02 Å². The van der Waals surface area contributed by atoms with Gasteiger partial charge in [-0.25, -0.2) is 9.78 Å². The maximum atomic E-state index is 11.1. The fourth-order valence-corrected chi connectivity index (χ4v) is 0.904. The van der Waals surface area contributed by atoms with Crippen LogP contribution < -0.4 is 10.6 Å². The molecule has 2 amide bonds. The quantitative estimate of drug-likeness (QED) is 0.719. The minimum Gasteiger partial charge on any atom is -0.465 e. The number of hydrogen-bond donors (Lipinski definition) is 3. The van der Waals surface area contributed by atoms with Crippen LogP contribution in [0.15, 0.2) is 18.3 Å². The predicted octanol–water partition coefficient (Wildman–Crippen LogP) is 0.941. The normalized spacial score (nSPS) is 9.40. The van der Waals surface area contributed by atoms with Crippen LogP contribution in [0.5, 0.6) is 0 Å². The van der Waals surface area contributed by atoms with Crippen LogP contribution in [0.3, 0.4) is 0 Å². The summed E-state index contributed by atoms with van der Waals surface area (Å²) >= 11 is 5.59. The molecule has 0 saturated carbocycles. The van der Waals surface area contributed by atoms with E-state index in [-0.39, 0.29) is 6.54 Å². The summed E-state index contributed by atoms with van der Waals surface area (Å²) < 4.78 is 0. The van der Waals surface area contributed by atoms with Crippen molar-refractivity contribution in [3.63, 3.8) is 0 Å². The highest BCUT2D eigenvalue weighted by Gasteiger charge is 2.04.